The van der Waals surface area contributed by atoms with Gasteiger partial charge in [0.05, 0.1) is 17.8 Å². The third-order valence-electron chi connectivity index (χ3n) is 6.14. The van der Waals surface area contributed by atoms with Gasteiger partial charge in [-0.2, -0.15) is 5.10 Å². The minimum Gasteiger partial charge on any atom is -0.325 e. The summed E-state index contributed by atoms with van der Waals surface area (Å²) in [6.45, 7) is 4.21. The lowest BCUT2D eigenvalue weighted by Gasteiger charge is -2.36. The van der Waals surface area contributed by atoms with Crippen molar-refractivity contribution in [1.29, 1.82) is 0 Å². The Morgan fingerprint density at radius 2 is 2.06 bits per heavy atom. The van der Waals surface area contributed by atoms with Gasteiger partial charge in [0.2, 0.25) is 5.91 Å². The predicted octanol–water partition coefficient (Wildman–Crippen LogP) is 3.54. The van der Waals surface area contributed by atoms with Crippen LogP contribution in [0.25, 0.3) is 0 Å². The molecule has 166 valence electrons. The number of fused-ring (bicyclic) bond motifs is 3. The number of rotatable bonds is 5. The molecule has 0 aromatic heterocycles. The summed E-state index contributed by atoms with van der Waals surface area (Å²) in [5, 5.41) is 10.5. The molecule has 0 saturated carbocycles. The van der Waals surface area contributed by atoms with E-state index >= 15 is 0 Å². The number of carbonyl (C=O) groups excluding carboxylic acids is 1. The molecule has 3 heterocycles. The fourth-order valence-corrected chi connectivity index (χ4v) is 5.14. The highest BCUT2D eigenvalue weighted by atomic mass is 32.2. The number of hydrazine groups is 1. The zero-order valence-electron chi connectivity index (χ0n) is 18.3. The number of amides is 1. The molecule has 2 aromatic carbocycles. The summed E-state index contributed by atoms with van der Waals surface area (Å²) in [6, 6.07) is 17.2. The number of amidine groups is 1. The van der Waals surface area contributed by atoms with Crippen molar-refractivity contribution in [3.8, 4) is 0 Å². The van der Waals surface area contributed by atoms with Crippen LogP contribution in [0, 0.1) is 6.92 Å². The van der Waals surface area contributed by atoms with Crippen molar-refractivity contribution in [2.24, 2.45) is 5.10 Å². The van der Waals surface area contributed by atoms with Crippen LogP contribution in [0.15, 0.2) is 66.0 Å². The molecule has 1 saturated heterocycles. The fourth-order valence-electron chi connectivity index (χ4n) is 4.36. The van der Waals surface area contributed by atoms with Gasteiger partial charge in [0.1, 0.15) is 6.17 Å². The molecule has 32 heavy (non-hydrogen) atoms. The first-order valence-electron chi connectivity index (χ1n) is 11.0. The lowest BCUT2D eigenvalue weighted by atomic mass is 9.99. The van der Waals surface area contributed by atoms with E-state index in [9.17, 15) is 4.79 Å². The zero-order valence-corrected chi connectivity index (χ0v) is 19.1. The van der Waals surface area contributed by atoms with Crippen molar-refractivity contribution in [2.45, 2.75) is 44.9 Å². The molecular weight excluding hydrogens is 420 g/mol. The Morgan fingerprint density at radius 1 is 1.22 bits per heavy atom. The molecular formula is C24H28N6OS. The smallest absolute Gasteiger partial charge is 0.234 e. The van der Waals surface area contributed by atoms with E-state index in [0.717, 1.165) is 23.7 Å². The predicted molar refractivity (Wildman–Crippen MR) is 130 cm³/mol. The molecule has 7 nitrogen and oxygen atoms in total. The average molecular weight is 449 g/mol. The van der Waals surface area contributed by atoms with E-state index in [-0.39, 0.29) is 24.2 Å². The lowest BCUT2D eigenvalue weighted by molar-refractivity contribution is -0.113. The van der Waals surface area contributed by atoms with Gasteiger partial charge in [0.15, 0.2) is 5.17 Å². The molecule has 0 aliphatic carbocycles. The molecule has 0 radical (unpaired) electrons. The number of hydrogen-bond acceptors (Lipinski definition) is 7. The second kappa shape index (κ2) is 8.88. The Bertz CT molecular complexity index is 1050. The number of hydrazone groups is 1. The molecule has 3 aliphatic heterocycles. The summed E-state index contributed by atoms with van der Waals surface area (Å²) in [5.41, 5.74) is 11.5. The summed E-state index contributed by atoms with van der Waals surface area (Å²) >= 11 is 1.45. The van der Waals surface area contributed by atoms with Crippen molar-refractivity contribution in [3.05, 3.63) is 77.6 Å². The molecule has 8 heteroatoms. The number of anilines is 1. The standard InChI is InChI=1S/C24H28N6OS/c1-3-17-5-4-6-19(13-17)25-22(31)15-32-24-27-26-23-21-14-20(18-9-7-16(2)8-10-18)28-30(21)12-11-29(23)24/h4-13,20-21,23,26,28H,3,14-15H2,1-2H3,(H,25,31). The van der Waals surface area contributed by atoms with Crippen LogP contribution < -0.4 is 16.2 Å². The Kier molecular flexibility index (Phi) is 5.80. The maximum absolute atomic E-state index is 12.5. The zero-order chi connectivity index (χ0) is 22.1. The monoisotopic (exact) mass is 448 g/mol. The fraction of sp³-hybridized carbons (Fsp3) is 0.333. The van der Waals surface area contributed by atoms with Gasteiger partial charge in [0, 0.05) is 18.1 Å². The van der Waals surface area contributed by atoms with Crippen molar-refractivity contribution in [2.75, 3.05) is 11.1 Å². The van der Waals surface area contributed by atoms with E-state index in [2.05, 4.69) is 81.6 Å². The van der Waals surface area contributed by atoms with Gasteiger partial charge < -0.3 is 15.2 Å². The van der Waals surface area contributed by atoms with Gasteiger partial charge >= 0.3 is 0 Å². The number of benzene rings is 2. The van der Waals surface area contributed by atoms with Crippen LogP contribution in [-0.4, -0.2) is 38.9 Å². The van der Waals surface area contributed by atoms with Crippen LogP contribution in [0.4, 0.5) is 5.69 Å². The summed E-state index contributed by atoms with van der Waals surface area (Å²) in [5.74, 6) is 0.283. The summed E-state index contributed by atoms with van der Waals surface area (Å²) in [6.07, 6.45) is 6.06. The van der Waals surface area contributed by atoms with Gasteiger partial charge in [-0.1, -0.05) is 60.6 Å². The van der Waals surface area contributed by atoms with Crippen LogP contribution in [-0.2, 0) is 11.2 Å². The van der Waals surface area contributed by atoms with Crippen molar-refractivity contribution >= 4 is 28.5 Å². The van der Waals surface area contributed by atoms with Crippen LogP contribution in [0.3, 0.4) is 0 Å². The van der Waals surface area contributed by atoms with Crippen LogP contribution >= 0.6 is 11.8 Å². The SMILES string of the molecule is CCc1cccc(NC(=O)CSC2=NNC3C4CC(c5ccc(C)cc5)NN4C=CN23)c1. The van der Waals surface area contributed by atoms with Gasteiger partial charge in [-0.25, -0.2) is 5.43 Å². The molecule has 0 bridgehead atoms. The quantitative estimate of drug-likeness (QED) is 0.650. The highest BCUT2D eigenvalue weighted by molar-refractivity contribution is 8.14. The molecule has 3 atom stereocenters. The number of nitrogens with one attached hydrogen (secondary N) is 3. The first-order valence-corrected chi connectivity index (χ1v) is 12.0. The number of aryl methyl sites for hydroxylation is 2. The van der Waals surface area contributed by atoms with Crippen LogP contribution in [0.2, 0.25) is 0 Å². The third kappa shape index (κ3) is 4.20. The van der Waals surface area contributed by atoms with Gasteiger partial charge in [-0.15, -0.1) is 0 Å². The molecule has 1 fully saturated rings. The highest BCUT2D eigenvalue weighted by Gasteiger charge is 2.44. The second-order valence-corrected chi connectivity index (χ2v) is 9.31. The minimum absolute atomic E-state index is 0.0287. The molecule has 3 unspecified atom stereocenters. The molecule has 2 aromatic rings. The third-order valence-corrected chi connectivity index (χ3v) is 7.10. The van der Waals surface area contributed by atoms with Gasteiger partial charge in [-0.3, -0.25) is 10.2 Å². The first kappa shape index (κ1) is 20.9. The molecule has 1 amide bonds. The minimum atomic E-state index is -0.0287. The Balaban J connectivity index is 1.17. The van der Waals surface area contributed by atoms with Crippen molar-refractivity contribution in [1.82, 2.24) is 20.8 Å². The van der Waals surface area contributed by atoms with Crippen LogP contribution in [0.5, 0.6) is 0 Å². The Morgan fingerprint density at radius 3 is 2.88 bits per heavy atom. The highest BCUT2D eigenvalue weighted by Crippen LogP contribution is 2.35. The molecule has 3 aliphatic rings. The summed E-state index contributed by atoms with van der Waals surface area (Å²) < 4.78 is 0. The van der Waals surface area contributed by atoms with Crippen molar-refractivity contribution < 1.29 is 4.79 Å². The van der Waals surface area contributed by atoms with Crippen LogP contribution in [0.1, 0.15) is 36.1 Å². The van der Waals surface area contributed by atoms with E-state index in [1.165, 1.54) is 28.5 Å². The van der Waals surface area contributed by atoms with E-state index in [1.807, 2.05) is 24.4 Å². The molecule has 0 spiro atoms. The van der Waals surface area contributed by atoms with E-state index in [1.54, 1.807) is 0 Å². The summed E-state index contributed by atoms with van der Waals surface area (Å²) in [7, 11) is 0. The number of nitrogens with zero attached hydrogens (tertiary/aromatic N) is 3. The normalized spacial score (nSPS) is 23.4. The first-order chi connectivity index (χ1) is 15.6. The Labute approximate surface area is 192 Å². The van der Waals surface area contributed by atoms with Gasteiger partial charge in [-0.05, 0) is 43.0 Å². The Hall–Kier alpha value is -2.97. The van der Waals surface area contributed by atoms with E-state index in [0.29, 0.717) is 5.75 Å². The topological polar surface area (TPSA) is 72.0 Å². The van der Waals surface area contributed by atoms with E-state index < -0.39 is 0 Å². The second-order valence-electron chi connectivity index (χ2n) is 8.37. The summed E-state index contributed by atoms with van der Waals surface area (Å²) in [4.78, 5) is 14.6. The van der Waals surface area contributed by atoms with E-state index in [4.69, 9.17) is 0 Å². The molecule has 3 N–H and O–H groups in total. The van der Waals surface area contributed by atoms with Gasteiger partial charge in [0.25, 0.3) is 0 Å². The lowest BCUT2D eigenvalue weighted by Crippen LogP contribution is -2.54. The number of hydrogen-bond donors (Lipinski definition) is 3. The number of carbonyl (C=O) groups is 1. The average Bonchev–Trinajstić information content (AvgIpc) is 3.42. The molecule has 5 rings (SSSR count). The largest absolute Gasteiger partial charge is 0.325 e. The maximum atomic E-state index is 12.5. The maximum Gasteiger partial charge on any atom is 0.234 e. The number of thioether (sulfide) groups is 1. The van der Waals surface area contributed by atoms with Crippen molar-refractivity contribution in [3.63, 3.8) is 0 Å².